The molecule has 2 aliphatic heterocycles. The van der Waals surface area contributed by atoms with Gasteiger partial charge >= 0.3 is 0 Å². The number of thiazole rings is 1. The molecule has 7 nitrogen and oxygen atoms in total. The van der Waals surface area contributed by atoms with E-state index in [9.17, 15) is 12.8 Å². The maximum absolute atomic E-state index is 14.6. The molecule has 4 aromatic rings. The molecule has 43 heavy (non-hydrogen) atoms. The van der Waals surface area contributed by atoms with E-state index in [2.05, 4.69) is 0 Å². The van der Waals surface area contributed by atoms with Crippen LogP contribution in [0.4, 0.5) is 9.52 Å². The summed E-state index contributed by atoms with van der Waals surface area (Å²) in [6, 6.07) is 16.6. The molecule has 0 saturated carbocycles. The van der Waals surface area contributed by atoms with E-state index >= 15 is 0 Å². The van der Waals surface area contributed by atoms with Gasteiger partial charge in [0, 0.05) is 46.1 Å². The summed E-state index contributed by atoms with van der Waals surface area (Å²) < 4.78 is 47.4. The molecule has 0 N–H and O–H groups in total. The predicted octanol–water partition coefficient (Wildman–Crippen LogP) is 8.37. The zero-order valence-corrected chi connectivity index (χ0v) is 27.9. The number of aromatic nitrogens is 1. The van der Waals surface area contributed by atoms with Gasteiger partial charge in [0.15, 0.2) is 11.6 Å². The van der Waals surface area contributed by atoms with Crippen molar-refractivity contribution in [2.24, 2.45) is 5.10 Å². The van der Waals surface area contributed by atoms with Crippen LogP contribution in [0.3, 0.4) is 0 Å². The van der Waals surface area contributed by atoms with E-state index in [-0.39, 0.29) is 33.7 Å². The molecule has 2 aliphatic rings. The zero-order chi connectivity index (χ0) is 29.4. The Labute approximate surface area is 274 Å². The molecule has 1 atom stereocenters. The Morgan fingerprint density at radius 3 is 2.37 bits per heavy atom. The van der Waals surface area contributed by atoms with E-state index in [1.807, 2.05) is 11.4 Å². The van der Waals surface area contributed by atoms with Gasteiger partial charge in [-0.25, -0.2) is 22.8 Å². The molecule has 226 valence electrons. The first-order chi connectivity index (χ1) is 20.2. The number of anilines is 1. The predicted molar refractivity (Wildman–Crippen MR) is 176 cm³/mol. The lowest BCUT2D eigenvalue weighted by molar-refractivity contribution is 0.346. The van der Waals surface area contributed by atoms with Crippen molar-refractivity contribution in [2.75, 3.05) is 25.2 Å². The summed E-state index contributed by atoms with van der Waals surface area (Å²) in [5, 5.41) is 10.2. The third kappa shape index (κ3) is 6.48. The van der Waals surface area contributed by atoms with E-state index in [4.69, 9.17) is 38.0 Å². The minimum Gasteiger partial charge on any atom is -0.494 e. The third-order valence-electron chi connectivity index (χ3n) is 7.51. The molecule has 0 spiro atoms. The van der Waals surface area contributed by atoms with Gasteiger partial charge in [0.2, 0.25) is 15.2 Å². The van der Waals surface area contributed by atoms with E-state index in [1.165, 1.54) is 24.5 Å². The van der Waals surface area contributed by atoms with Crippen LogP contribution < -0.4 is 9.75 Å². The molecule has 0 amide bonds. The van der Waals surface area contributed by atoms with Gasteiger partial charge in [-0.1, -0.05) is 47.8 Å². The molecule has 0 radical (unpaired) electrons. The van der Waals surface area contributed by atoms with Crippen molar-refractivity contribution in [3.8, 4) is 17.0 Å². The van der Waals surface area contributed by atoms with Crippen LogP contribution in [0.15, 0.2) is 76.0 Å². The van der Waals surface area contributed by atoms with Gasteiger partial charge in [0.25, 0.3) is 0 Å². The lowest BCUT2D eigenvalue weighted by Crippen LogP contribution is -2.35. The van der Waals surface area contributed by atoms with Crippen LogP contribution >= 0.6 is 51.5 Å². The van der Waals surface area contributed by atoms with Crippen LogP contribution in [0.25, 0.3) is 11.3 Å². The summed E-state index contributed by atoms with van der Waals surface area (Å²) in [5.74, 6) is -0.315. The minimum atomic E-state index is -3.52. The highest BCUT2D eigenvalue weighted by atomic mass is 79.9. The standard InChI is InChI=1S/C30H27Cl2FN4O3S2.BrH/c1-40-29-12-7-20(15-25(29)33)26-17-28(23-11-8-21(31)16-24(23)32)37(35-26)30-34-27(18-41-30)19-5-9-22(10-6-19)42(38,39)36-13-3-2-4-14-36;/h5-12,15-16,18,28H,2-4,13-14,17H2,1H3;1H. The first-order valence-corrected chi connectivity index (χ1v) is 16.5. The smallest absolute Gasteiger partial charge is 0.243 e. The molecule has 0 bridgehead atoms. The molecule has 13 heteroatoms. The van der Waals surface area contributed by atoms with Crippen molar-refractivity contribution < 1.29 is 17.5 Å². The molecular formula is C30H28BrCl2FN4O3S2. The zero-order valence-electron chi connectivity index (χ0n) is 23.0. The monoisotopic (exact) mass is 724 g/mol. The summed E-state index contributed by atoms with van der Waals surface area (Å²) in [5.41, 5.74) is 3.61. The van der Waals surface area contributed by atoms with Crippen LogP contribution in [0, 0.1) is 5.82 Å². The Balaban J connectivity index is 0.00000368. The van der Waals surface area contributed by atoms with Gasteiger partial charge in [0.1, 0.15) is 0 Å². The van der Waals surface area contributed by atoms with E-state index < -0.39 is 15.8 Å². The molecule has 1 aromatic heterocycles. The molecule has 1 fully saturated rings. The molecule has 6 rings (SSSR count). The van der Waals surface area contributed by atoms with Crippen molar-refractivity contribution in [1.29, 1.82) is 0 Å². The van der Waals surface area contributed by atoms with Crippen molar-refractivity contribution in [2.45, 2.75) is 36.6 Å². The molecule has 0 aliphatic carbocycles. The summed E-state index contributed by atoms with van der Waals surface area (Å²) >= 11 is 14.2. The Kier molecular flexibility index (Phi) is 9.79. The summed E-state index contributed by atoms with van der Waals surface area (Å²) in [4.78, 5) is 5.13. The largest absolute Gasteiger partial charge is 0.494 e. The number of sulfonamides is 1. The van der Waals surface area contributed by atoms with E-state index in [1.54, 1.807) is 57.8 Å². The van der Waals surface area contributed by atoms with Gasteiger partial charge in [-0.3, -0.25) is 0 Å². The highest BCUT2D eigenvalue weighted by Crippen LogP contribution is 2.42. The van der Waals surface area contributed by atoms with Gasteiger partial charge in [-0.15, -0.1) is 28.3 Å². The minimum absolute atomic E-state index is 0. The maximum Gasteiger partial charge on any atom is 0.243 e. The lowest BCUT2D eigenvalue weighted by Gasteiger charge is -2.25. The molecule has 3 heterocycles. The SMILES string of the molecule is Br.COc1ccc(C2=NN(c3nc(-c4ccc(S(=O)(=O)N5CCCCC5)cc4)cs3)C(c3ccc(Cl)cc3Cl)C2)cc1F. The second kappa shape index (κ2) is 13.2. The van der Waals surface area contributed by atoms with Crippen LogP contribution in [0.5, 0.6) is 5.75 Å². The van der Waals surface area contributed by atoms with E-state index in [0.717, 1.165) is 30.4 Å². The normalized spacial score (nSPS) is 17.4. The Morgan fingerprint density at radius 1 is 0.977 bits per heavy atom. The summed E-state index contributed by atoms with van der Waals surface area (Å²) in [7, 11) is -2.10. The maximum atomic E-state index is 14.6. The summed E-state index contributed by atoms with van der Waals surface area (Å²) in [6.45, 7) is 1.11. The third-order valence-corrected chi connectivity index (χ3v) is 10.8. The van der Waals surface area contributed by atoms with Crippen LogP contribution in [-0.4, -0.2) is 43.6 Å². The van der Waals surface area contributed by atoms with Crippen molar-refractivity contribution >= 4 is 72.4 Å². The first-order valence-electron chi connectivity index (χ1n) is 13.5. The molecule has 1 unspecified atom stereocenters. The number of methoxy groups -OCH3 is 1. The Morgan fingerprint density at radius 2 is 1.70 bits per heavy atom. The lowest BCUT2D eigenvalue weighted by atomic mass is 9.98. The van der Waals surface area contributed by atoms with Crippen molar-refractivity contribution in [1.82, 2.24) is 9.29 Å². The topological polar surface area (TPSA) is 75.1 Å². The summed E-state index contributed by atoms with van der Waals surface area (Å²) in [6.07, 6.45) is 3.29. The fraction of sp³-hybridized carbons (Fsp3) is 0.267. The van der Waals surface area contributed by atoms with Gasteiger partial charge in [-0.2, -0.15) is 9.41 Å². The number of nitrogens with zero attached hydrogens (tertiary/aromatic N) is 4. The number of halogens is 4. The number of rotatable bonds is 7. The molecular weight excluding hydrogens is 698 g/mol. The van der Waals surface area contributed by atoms with Crippen LogP contribution in [0.2, 0.25) is 10.0 Å². The number of hydrazone groups is 1. The second-order valence-electron chi connectivity index (χ2n) is 10.1. The molecule has 1 saturated heterocycles. The Bertz CT molecular complexity index is 1760. The number of piperidine rings is 1. The average Bonchev–Trinajstić information content (AvgIpc) is 3.66. The highest BCUT2D eigenvalue weighted by molar-refractivity contribution is 8.93. The second-order valence-corrected chi connectivity index (χ2v) is 13.7. The van der Waals surface area contributed by atoms with Crippen molar-refractivity contribution in [3.63, 3.8) is 0 Å². The number of hydrogen-bond acceptors (Lipinski definition) is 7. The average molecular weight is 727 g/mol. The Hall–Kier alpha value is -2.54. The highest BCUT2D eigenvalue weighted by Gasteiger charge is 2.33. The fourth-order valence-electron chi connectivity index (χ4n) is 5.28. The number of ether oxygens (including phenoxy) is 1. The van der Waals surface area contributed by atoms with Crippen LogP contribution in [-0.2, 0) is 10.0 Å². The van der Waals surface area contributed by atoms with Gasteiger partial charge in [0.05, 0.1) is 29.5 Å². The van der Waals surface area contributed by atoms with Crippen molar-refractivity contribution in [3.05, 3.63) is 93.0 Å². The fourth-order valence-corrected chi connectivity index (χ4v) is 8.16. The first kappa shape index (κ1) is 31.9. The number of benzene rings is 3. The van der Waals surface area contributed by atoms with Crippen LogP contribution in [0.1, 0.15) is 42.9 Å². The molecule has 3 aromatic carbocycles. The van der Waals surface area contributed by atoms with Gasteiger partial charge < -0.3 is 4.74 Å². The van der Waals surface area contributed by atoms with E-state index in [0.29, 0.717) is 51.7 Å². The number of hydrogen-bond donors (Lipinski definition) is 0. The van der Waals surface area contributed by atoms with Gasteiger partial charge in [-0.05, 0) is 60.9 Å². The quantitative estimate of drug-likeness (QED) is 0.191.